The fraction of sp³-hybridized carbons (Fsp3) is 0.167. The number of carbonyl (C=O) groups excluding carboxylic acids is 1. The van der Waals surface area contributed by atoms with Crippen molar-refractivity contribution >= 4 is 33.2 Å². The zero-order chi connectivity index (χ0) is 12.3. The van der Waals surface area contributed by atoms with E-state index in [-0.39, 0.29) is 5.91 Å². The Bertz CT molecular complexity index is 522. The second kappa shape index (κ2) is 5.42. The van der Waals surface area contributed by atoms with Gasteiger partial charge in [-0.05, 0) is 52.0 Å². The Balaban J connectivity index is 1.95. The van der Waals surface area contributed by atoms with Crippen molar-refractivity contribution in [2.75, 3.05) is 0 Å². The molecule has 0 aliphatic heterocycles. The number of aryl methyl sites for hydroxylation is 1. The van der Waals surface area contributed by atoms with Crippen molar-refractivity contribution in [2.45, 2.75) is 13.5 Å². The topological polar surface area (TPSA) is 42.0 Å². The molecule has 0 aromatic carbocycles. The molecule has 1 amide bonds. The molecule has 0 fully saturated rings. The maximum atomic E-state index is 11.8. The lowest BCUT2D eigenvalue weighted by molar-refractivity contribution is 0.0950. The van der Waals surface area contributed by atoms with Crippen LogP contribution >= 0.6 is 27.3 Å². The number of hydrogen-bond acceptors (Lipinski definition) is 3. The van der Waals surface area contributed by atoms with E-state index in [0.717, 1.165) is 15.0 Å². The highest BCUT2D eigenvalue weighted by Crippen LogP contribution is 2.20. The standard InChI is InChI=1S/C12H11BrN2OS/c1-8-2-3-10(6-14-8)12(16)15-5-9-4-11(13)17-7-9/h2-4,6-7H,5H2,1H3,(H,15,16). The molecule has 5 heteroatoms. The van der Waals surface area contributed by atoms with Gasteiger partial charge in [0.05, 0.1) is 9.35 Å². The van der Waals surface area contributed by atoms with E-state index >= 15 is 0 Å². The van der Waals surface area contributed by atoms with Gasteiger partial charge in [0, 0.05) is 18.4 Å². The minimum Gasteiger partial charge on any atom is -0.348 e. The number of pyridine rings is 1. The fourth-order valence-corrected chi connectivity index (χ4v) is 2.53. The van der Waals surface area contributed by atoms with E-state index in [2.05, 4.69) is 26.2 Å². The van der Waals surface area contributed by atoms with Crippen LogP contribution in [0.1, 0.15) is 21.6 Å². The third-order valence-electron chi connectivity index (χ3n) is 2.25. The zero-order valence-corrected chi connectivity index (χ0v) is 11.6. The lowest BCUT2D eigenvalue weighted by atomic mass is 10.2. The molecular weight excluding hydrogens is 300 g/mol. The first-order valence-electron chi connectivity index (χ1n) is 5.09. The molecule has 0 atom stereocenters. The smallest absolute Gasteiger partial charge is 0.253 e. The van der Waals surface area contributed by atoms with Gasteiger partial charge in [-0.1, -0.05) is 0 Å². The van der Waals surface area contributed by atoms with E-state index in [1.807, 2.05) is 24.4 Å². The number of rotatable bonds is 3. The Hall–Kier alpha value is -1.20. The first kappa shape index (κ1) is 12.3. The monoisotopic (exact) mass is 310 g/mol. The van der Waals surface area contributed by atoms with Crippen molar-refractivity contribution < 1.29 is 4.79 Å². The molecule has 0 saturated heterocycles. The molecule has 88 valence electrons. The van der Waals surface area contributed by atoms with Crippen LogP contribution in [0.3, 0.4) is 0 Å². The summed E-state index contributed by atoms with van der Waals surface area (Å²) in [5.74, 6) is -0.0974. The van der Waals surface area contributed by atoms with Gasteiger partial charge in [0.2, 0.25) is 0 Å². The molecule has 1 N–H and O–H groups in total. The van der Waals surface area contributed by atoms with Crippen molar-refractivity contribution in [1.29, 1.82) is 0 Å². The Labute approximate surface area is 112 Å². The summed E-state index contributed by atoms with van der Waals surface area (Å²) in [4.78, 5) is 15.9. The van der Waals surface area contributed by atoms with Crippen LogP contribution in [0.4, 0.5) is 0 Å². The van der Waals surface area contributed by atoms with Crippen LogP contribution < -0.4 is 5.32 Å². The van der Waals surface area contributed by atoms with Gasteiger partial charge >= 0.3 is 0 Å². The summed E-state index contributed by atoms with van der Waals surface area (Å²) in [6, 6.07) is 5.61. The van der Waals surface area contributed by atoms with Crippen molar-refractivity contribution in [1.82, 2.24) is 10.3 Å². The third kappa shape index (κ3) is 3.38. The van der Waals surface area contributed by atoms with Gasteiger partial charge in [0.1, 0.15) is 0 Å². The van der Waals surface area contributed by atoms with Gasteiger partial charge in [-0.3, -0.25) is 9.78 Å². The van der Waals surface area contributed by atoms with Crippen molar-refractivity contribution in [3.8, 4) is 0 Å². The molecule has 2 aromatic rings. The number of hydrogen-bond donors (Lipinski definition) is 1. The average molecular weight is 311 g/mol. The second-order valence-corrected chi connectivity index (χ2v) is 5.92. The number of thiophene rings is 1. The van der Waals surface area contributed by atoms with Crippen molar-refractivity contribution in [3.63, 3.8) is 0 Å². The number of amides is 1. The number of nitrogens with zero attached hydrogens (tertiary/aromatic N) is 1. The lowest BCUT2D eigenvalue weighted by Gasteiger charge is -2.03. The molecule has 0 bridgehead atoms. The Morgan fingerprint density at radius 3 is 2.94 bits per heavy atom. The molecule has 2 rings (SSSR count). The molecule has 2 aromatic heterocycles. The van der Waals surface area contributed by atoms with Crippen LogP contribution in [-0.2, 0) is 6.54 Å². The summed E-state index contributed by atoms with van der Waals surface area (Å²) in [5.41, 5.74) is 2.59. The summed E-state index contributed by atoms with van der Waals surface area (Å²) in [6.45, 7) is 2.43. The van der Waals surface area contributed by atoms with Crippen molar-refractivity contribution in [2.24, 2.45) is 0 Å². The molecule has 0 unspecified atom stereocenters. The largest absolute Gasteiger partial charge is 0.348 e. The van der Waals surface area contributed by atoms with Crippen LogP contribution in [0.5, 0.6) is 0 Å². The zero-order valence-electron chi connectivity index (χ0n) is 9.24. The Morgan fingerprint density at radius 1 is 1.53 bits per heavy atom. The fourth-order valence-electron chi connectivity index (χ4n) is 1.33. The van der Waals surface area contributed by atoms with Gasteiger partial charge in [-0.2, -0.15) is 0 Å². The predicted molar refractivity (Wildman–Crippen MR) is 72.2 cm³/mol. The van der Waals surface area contributed by atoms with Crippen LogP contribution in [0.25, 0.3) is 0 Å². The number of nitrogens with one attached hydrogen (secondary N) is 1. The first-order chi connectivity index (χ1) is 8.15. The molecule has 3 nitrogen and oxygen atoms in total. The molecule has 0 radical (unpaired) electrons. The minimum atomic E-state index is -0.0974. The Kier molecular flexibility index (Phi) is 3.91. The summed E-state index contributed by atoms with van der Waals surface area (Å²) in [7, 11) is 0. The number of aromatic nitrogens is 1. The second-order valence-electron chi connectivity index (χ2n) is 3.63. The minimum absolute atomic E-state index is 0.0974. The maximum Gasteiger partial charge on any atom is 0.253 e. The quantitative estimate of drug-likeness (QED) is 0.946. The summed E-state index contributed by atoms with van der Waals surface area (Å²) < 4.78 is 1.07. The van der Waals surface area contributed by atoms with E-state index in [1.165, 1.54) is 0 Å². The average Bonchev–Trinajstić information content (AvgIpc) is 2.73. The summed E-state index contributed by atoms with van der Waals surface area (Å²) in [5, 5.41) is 4.87. The van der Waals surface area contributed by atoms with Gasteiger partial charge in [-0.15, -0.1) is 11.3 Å². The van der Waals surface area contributed by atoms with Crippen LogP contribution in [-0.4, -0.2) is 10.9 Å². The Morgan fingerprint density at radius 2 is 2.35 bits per heavy atom. The highest BCUT2D eigenvalue weighted by Gasteiger charge is 2.05. The van der Waals surface area contributed by atoms with Crippen LogP contribution in [0.15, 0.2) is 33.6 Å². The van der Waals surface area contributed by atoms with E-state index in [9.17, 15) is 4.79 Å². The predicted octanol–water partition coefficient (Wildman–Crippen LogP) is 3.14. The molecule has 0 aliphatic carbocycles. The van der Waals surface area contributed by atoms with Crippen LogP contribution in [0, 0.1) is 6.92 Å². The van der Waals surface area contributed by atoms with E-state index in [4.69, 9.17) is 0 Å². The highest BCUT2D eigenvalue weighted by molar-refractivity contribution is 9.11. The maximum absolute atomic E-state index is 11.8. The van der Waals surface area contributed by atoms with Crippen LogP contribution in [0.2, 0.25) is 0 Å². The van der Waals surface area contributed by atoms with Gasteiger partial charge in [-0.25, -0.2) is 0 Å². The molecule has 0 aliphatic rings. The SMILES string of the molecule is Cc1ccc(C(=O)NCc2csc(Br)c2)cn1. The van der Waals surface area contributed by atoms with E-state index in [0.29, 0.717) is 12.1 Å². The number of halogens is 1. The first-order valence-corrected chi connectivity index (χ1v) is 6.76. The van der Waals surface area contributed by atoms with Crippen molar-refractivity contribution in [3.05, 3.63) is 50.4 Å². The van der Waals surface area contributed by atoms with E-state index < -0.39 is 0 Å². The molecule has 0 saturated carbocycles. The normalized spacial score (nSPS) is 10.2. The number of carbonyl (C=O) groups is 1. The highest BCUT2D eigenvalue weighted by atomic mass is 79.9. The molecular formula is C12H11BrN2OS. The summed E-state index contributed by atoms with van der Waals surface area (Å²) >= 11 is 4.99. The van der Waals surface area contributed by atoms with Gasteiger partial charge < -0.3 is 5.32 Å². The summed E-state index contributed by atoms with van der Waals surface area (Å²) in [6.07, 6.45) is 1.59. The third-order valence-corrected chi connectivity index (χ3v) is 3.80. The molecule has 17 heavy (non-hydrogen) atoms. The molecule has 0 spiro atoms. The van der Waals surface area contributed by atoms with E-state index in [1.54, 1.807) is 23.6 Å². The lowest BCUT2D eigenvalue weighted by Crippen LogP contribution is -2.22. The van der Waals surface area contributed by atoms with Gasteiger partial charge in [0.15, 0.2) is 0 Å². The van der Waals surface area contributed by atoms with Gasteiger partial charge in [0.25, 0.3) is 5.91 Å². The molecule has 2 heterocycles.